The third-order valence-electron chi connectivity index (χ3n) is 3.42. The lowest BCUT2D eigenvalue weighted by atomic mass is 10.1. The molecule has 0 spiro atoms. The van der Waals surface area contributed by atoms with Crippen LogP contribution in [0.1, 0.15) is 11.1 Å². The number of aryl methyl sites for hydroxylation is 1. The maximum atomic E-state index is 5.61. The highest BCUT2D eigenvalue weighted by atomic mass is 15.6. The van der Waals surface area contributed by atoms with Gasteiger partial charge >= 0.3 is 0 Å². The van der Waals surface area contributed by atoms with Crippen molar-refractivity contribution in [3.8, 4) is 17.1 Å². The van der Waals surface area contributed by atoms with Crippen molar-refractivity contribution >= 4 is 0 Å². The van der Waals surface area contributed by atoms with Crippen molar-refractivity contribution in [2.75, 3.05) is 6.54 Å². The van der Waals surface area contributed by atoms with Gasteiger partial charge in [-0.25, -0.2) is 0 Å². The Bertz CT molecular complexity index is 733. The van der Waals surface area contributed by atoms with Crippen LogP contribution in [0.15, 0.2) is 48.5 Å². The lowest BCUT2D eigenvalue weighted by Gasteiger charge is -2.06. The van der Waals surface area contributed by atoms with Gasteiger partial charge in [0, 0.05) is 5.56 Å². The van der Waals surface area contributed by atoms with Gasteiger partial charge < -0.3 is 5.73 Å². The zero-order valence-corrected chi connectivity index (χ0v) is 11.9. The van der Waals surface area contributed by atoms with Gasteiger partial charge in [-0.3, -0.25) is 0 Å². The predicted octanol–water partition coefficient (Wildman–Crippen LogP) is 2.14. The third-order valence-corrected chi connectivity index (χ3v) is 3.42. The molecule has 0 saturated carbocycles. The van der Waals surface area contributed by atoms with Gasteiger partial charge in [-0.05, 0) is 48.4 Å². The highest BCUT2D eigenvalue weighted by molar-refractivity contribution is 5.53. The summed E-state index contributed by atoms with van der Waals surface area (Å²) >= 11 is 0. The maximum Gasteiger partial charge on any atom is 0.205 e. The van der Waals surface area contributed by atoms with Crippen LogP contribution in [-0.2, 0) is 6.42 Å². The molecule has 0 saturated heterocycles. The van der Waals surface area contributed by atoms with E-state index in [1.807, 2.05) is 36.4 Å². The second-order valence-corrected chi connectivity index (χ2v) is 4.92. The van der Waals surface area contributed by atoms with Crippen molar-refractivity contribution in [2.24, 2.45) is 5.73 Å². The number of nitrogens with zero attached hydrogens (tertiary/aromatic N) is 4. The predicted molar refractivity (Wildman–Crippen MR) is 82.1 cm³/mol. The van der Waals surface area contributed by atoms with Crippen LogP contribution in [0.5, 0.6) is 0 Å². The fraction of sp³-hybridized carbons (Fsp3) is 0.188. The average Bonchev–Trinajstić information content (AvgIpc) is 3.00. The average molecular weight is 279 g/mol. The van der Waals surface area contributed by atoms with E-state index in [1.165, 1.54) is 11.1 Å². The molecule has 1 heterocycles. The van der Waals surface area contributed by atoms with Gasteiger partial charge in [0.25, 0.3) is 0 Å². The Morgan fingerprint density at radius 1 is 1.10 bits per heavy atom. The minimum atomic E-state index is 0.624. The minimum Gasteiger partial charge on any atom is -0.330 e. The van der Waals surface area contributed by atoms with E-state index in [9.17, 15) is 0 Å². The molecule has 2 aromatic carbocycles. The van der Waals surface area contributed by atoms with E-state index in [-0.39, 0.29) is 0 Å². The van der Waals surface area contributed by atoms with Crippen molar-refractivity contribution in [2.45, 2.75) is 13.3 Å². The van der Waals surface area contributed by atoms with Crippen LogP contribution in [-0.4, -0.2) is 26.8 Å². The van der Waals surface area contributed by atoms with Gasteiger partial charge in [0.2, 0.25) is 5.82 Å². The van der Waals surface area contributed by atoms with Crippen molar-refractivity contribution in [3.63, 3.8) is 0 Å². The number of hydrogen-bond donors (Lipinski definition) is 1. The molecular formula is C16H17N5. The molecule has 0 bridgehead atoms. The van der Waals surface area contributed by atoms with Gasteiger partial charge in [0.15, 0.2) is 0 Å². The molecule has 0 aliphatic heterocycles. The highest BCUT2D eigenvalue weighted by Crippen LogP contribution is 2.16. The lowest BCUT2D eigenvalue weighted by Crippen LogP contribution is -2.05. The molecule has 5 heteroatoms. The largest absolute Gasteiger partial charge is 0.330 e. The summed E-state index contributed by atoms with van der Waals surface area (Å²) in [6, 6.07) is 15.9. The van der Waals surface area contributed by atoms with E-state index < -0.39 is 0 Å². The molecule has 3 rings (SSSR count). The van der Waals surface area contributed by atoms with E-state index >= 15 is 0 Å². The SMILES string of the molecule is Cc1cc(-n2nnc(-c3ccccc3)n2)ccc1CCN. The molecule has 106 valence electrons. The van der Waals surface area contributed by atoms with Crippen molar-refractivity contribution in [1.82, 2.24) is 20.2 Å². The molecule has 0 amide bonds. The Kier molecular flexibility index (Phi) is 3.75. The Morgan fingerprint density at radius 2 is 1.90 bits per heavy atom. The van der Waals surface area contributed by atoms with Crippen LogP contribution in [0, 0.1) is 6.92 Å². The van der Waals surface area contributed by atoms with Crippen molar-refractivity contribution in [1.29, 1.82) is 0 Å². The summed E-state index contributed by atoms with van der Waals surface area (Å²) in [6.45, 7) is 2.73. The Labute approximate surface area is 123 Å². The Morgan fingerprint density at radius 3 is 2.62 bits per heavy atom. The number of hydrogen-bond acceptors (Lipinski definition) is 4. The monoisotopic (exact) mass is 279 g/mol. The zero-order chi connectivity index (χ0) is 14.7. The van der Waals surface area contributed by atoms with Crippen LogP contribution in [0.3, 0.4) is 0 Å². The topological polar surface area (TPSA) is 69.6 Å². The number of rotatable bonds is 4. The van der Waals surface area contributed by atoms with Gasteiger partial charge in [0.05, 0.1) is 5.69 Å². The van der Waals surface area contributed by atoms with Crippen molar-refractivity contribution in [3.05, 3.63) is 59.7 Å². The van der Waals surface area contributed by atoms with Crippen LogP contribution in [0.25, 0.3) is 17.1 Å². The van der Waals surface area contributed by atoms with E-state index in [2.05, 4.69) is 34.5 Å². The third kappa shape index (κ3) is 2.83. The number of benzene rings is 2. The summed E-state index contributed by atoms with van der Waals surface area (Å²) in [4.78, 5) is 1.56. The first kappa shape index (κ1) is 13.5. The summed E-state index contributed by atoms with van der Waals surface area (Å²) in [5, 5.41) is 12.7. The number of tetrazole rings is 1. The molecule has 0 aliphatic carbocycles. The molecule has 0 atom stereocenters. The van der Waals surface area contributed by atoms with E-state index in [4.69, 9.17) is 5.73 Å². The van der Waals surface area contributed by atoms with Crippen LogP contribution in [0.2, 0.25) is 0 Å². The van der Waals surface area contributed by atoms with E-state index in [0.29, 0.717) is 12.4 Å². The molecule has 0 radical (unpaired) electrons. The second kappa shape index (κ2) is 5.85. The van der Waals surface area contributed by atoms with E-state index in [1.54, 1.807) is 4.80 Å². The molecular weight excluding hydrogens is 262 g/mol. The molecule has 1 aromatic heterocycles. The zero-order valence-electron chi connectivity index (χ0n) is 11.9. The molecule has 2 N–H and O–H groups in total. The molecule has 0 unspecified atom stereocenters. The summed E-state index contributed by atoms with van der Waals surface area (Å²) < 4.78 is 0. The highest BCUT2D eigenvalue weighted by Gasteiger charge is 2.08. The maximum absolute atomic E-state index is 5.61. The van der Waals surface area contributed by atoms with Crippen LogP contribution < -0.4 is 5.73 Å². The normalized spacial score (nSPS) is 10.8. The van der Waals surface area contributed by atoms with E-state index in [0.717, 1.165) is 17.7 Å². The minimum absolute atomic E-state index is 0.624. The standard InChI is InChI=1S/C16H17N5/c1-12-11-15(8-7-13(12)9-10-17)21-19-16(18-20-21)14-5-3-2-4-6-14/h2-8,11H,9-10,17H2,1H3. The second-order valence-electron chi connectivity index (χ2n) is 4.92. The molecule has 3 aromatic rings. The van der Waals surface area contributed by atoms with Gasteiger partial charge in [-0.15, -0.1) is 15.0 Å². The van der Waals surface area contributed by atoms with Crippen LogP contribution >= 0.6 is 0 Å². The fourth-order valence-electron chi connectivity index (χ4n) is 2.27. The Hall–Kier alpha value is -2.53. The summed E-state index contributed by atoms with van der Waals surface area (Å²) in [7, 11) is 0. The van der Waals surface area contributed by atoms with Crippen molar-refractivity contribution < 1.29 is 0 Å². The van der Waals surface area contributed by atoms with Gasteiger partial charge in [0.1, 0.15) is 0 Å². The molecule has 5 nitrogen and oxygen atoms in total. The Balaban J connectivity index is 1.91. The lowest BCUT2D eigenvalue weighted by molar-refractivity contribution is 0.719. The fourth-order valence-corrected chi connectivity index (χ4v) is 2.27. The summed E-state index contributed by atoms with van der Waals surface area (Å²) in [6.07, 6.45) is 0.881. The number of aromatic nitrogens is 4. The smallest absolute Gasteiger partial charge is 0.205 e. The summed E-state index contributed by atoms with van der Waals surface area (Å²) in [5.41, 5.74) is 9.92. The summed E-state index contributed by atoms with van der Waals surface area (Å²) in [5.74, 6) is 0.624. The molecule has 0 aliphatic rings. The first-order valence-electron chi connectivity index (χ1n) is 6.93. The van der Waals surface area contributed by atoms with Gasteiger partial charge in [-0.1, -0.05) is 36.4 Å². The molecule has 21 heavy (non-hydrogen) atoms. The van der Waals surface area contributed by atoms with Gasteiger partial charge in [-0.2, -0.15) is 0 Å². The number of nitrogens with two attached hydrogens (primary N) is 1. The molecule has 0 fully saturated rings. The quantitative estimate of drug-likeness (QED) is 0.794. The first-order chi connectivity index (χ1) is 10.3. The van der Waals surface area contributed by atoms with Crippen LogP contribution in [0.4, 0.5) is 0 Å². The first-order valence-corrected chi connectivity index (χ1v) is 6.93.